The molecule has 0 saturated heterocycles. The molecule has 0 aliphatic heterocycles. The highest BCUT2D eigenvalue weighted by Gasteiger charge is 2.04. The van der Waals surface area contributed by atoms with Crippen LogP contribution in [0.15, 0.2) is 23.2 Å². The van der Waals surface area contributed by atoms with E-state index in [2.05, 4.69) is 48.5 Å². The van der Waals surface area contributed by atoms with Crippen molar-refractivity contribution in [2.45, 2.75) is 33.7 Å². The van der Waals surface area contributed by atoms with E-state index >= 15 is 0 Å². The van der Waals surface area contributed by atoms with E-state index in [0.717, 1.165) is 43.5 Å². The molecule has 0 saturated carbocycles. The first-order valence-corrected chi connectivity index (χ1v) is 8.22. The standard InChI is InChI=1S/C18H31N3O2/c1-14(2)13-23-10-6-9-20-18(19-4)21-12-16-8-7-15(3)11-17(16)22-5/h7-8,11,14H,6,9-10,12-13H2,1-5H3,(H2,19,20,21). The molecule has 2 N–H and O–H groups in total. The van der Waals surface area contributed by atoms with Crippen molar-refractivity contribution in [3.63, 3.8) is 0 Å². The van der Waals surface area contributed by atoms with Crippen LogP contribution in [-0.2, 0) is 11.3 Å². The van der Waals surface area contributed by atoms with E-state index in [0.29, 0.717) is 12.5 Å². The molecule has 1 aromatic carbocycles. The molecule has 23 heavy (non-hydrogen) atoms. The van der Waals surface area contributed by atoms with Gasteiger partial charge >= 0.3 is 0 Å². The first kappa shape index (κ1) is 19.3. The van der Waals surface area contributed by atoms with Gasteiger partial charge in [0.15, 0.2) is 5.96 Å². The second-order valence-electron chi connectivity index (χ2n) is 5.99. The third kappa shape index (κ3) is 7.88. The van der Waals surface area contributed by atoms with Gasteiger partial charge in [-0.1, -0.05) is 26.0 Å². The fraction of sp³-hybridized carbons (Fsp3) is 0.611. The van der Waals surface area contributed by atoms with Crippen LogP contribution < -0.4 is 15.4 Å². The third-order valence-corrected chi connectivity index (χ3v) is 3.32. The second kappa shape index (κ2) is 10.9. The van der Waals surface area contributed by atoms with E-state index in [-0.39, 0.29) is 0 Å². The zero-order chi connectivity index (χ0) is 17.1. The number of aryl methyl sites for hydroxylation is 1. The number of ether oxygens (including phenoxy) is 2. The van der Waals surface area contributed by atoms with E-state index in [1.165, 1.54) is 5.56 Å². The highest BCUT2D eigenvalue weighted by Crippen LogP contribution is 2.19. The molecule has 0 aromatic heterocycles. The molecule has 5 nitrogen and oxygen atoms in total. The summed E-state index contributed by atoms with van der Waals surface area (Å²) in [6.07, 6.45) is 0.960. The van der Waals surface area contributed by atoms with Gasteiger partial charge in [-0.2, -0.15) is 0 Å². The average Bonchev–Trinajstić information content (AvgIpc) is 2.54. The fourth-order valence-electron chi connectivity index (χ4n) is 2.10. The SMILES string of the molecule is CN=C(NCCCOCC(C)C)NCc1ccc(C)cc1OC. The number of hydrogen-bond acceptors (Lipinski definition) is 3. The Morgan fingerprint density at radius 2 is 2.04 bits per heavy atom. The Balaban J connectivity index is 2.32. The summed E-state index contributed by atoms with van der Waals surface area (Å²) in [6.45, 7) is 9.47. The predicted octanol–water partition coefficient (Wildman–Crippen LogP) is 2.73. The van der Waals surface area contributed by atoms with Crippen LogP contribution in [0.5, 0.6) is 5.75 Å². The molecule has 130 valence electrons. The van der Waals surface area contributed by atoms with E-state index in [1.807, 2.05) is 6.07 Å². The minimum absolute atomic E-state index is 0.585. The Bertz CT molecular complexity index is 487. The Labute approximate surface area is 140 Å². The molecule has 0 fully saturated rings. The van der Waals surface area contributed by atoms with Crippen LogP contribution in [0.3, 0.4) is 0 Å². The molecule has 0 bridgehead atoms. The Morgan fingerprint density at radius 1 is 1.26 bits per heavy atom. The smallest absolute Gasteiger partial charge is 0.191 e. The number of rotatable bonds is 9. The monoisotopic (exact) mass is 321 g/mol. The van der Waals surface area contributed by atoms with Crippen LogP contribution in [-0.4, -0.2) is 39.9 Å². The van der Waals surface area contributed by atoms with Crippen molar-refractivity contribution in [1.82, 2.24) is 10.6 Å². The van der Waals surface area contributed by atoms with Crippen molar-refractivity contribution in [1.29, 1.82) is 0 Å². The van der Waals surface area contributed by atoms with Gasteiger partial charge in [-0.15, -0.1) is 0 Å². The minimum atomic E-state index is 0.585. The summed E-state index contributed by atoms with van der Waals surface area (Å²) in [5.74, 6) is 2.27. The molecule has 0 heterocycles. The van der Waals surface area contributed by atoms with Crippen LogP contribution in [0.1, 0.15) is 31.4 Å². The lowest BCUT2D eigenvalue weighted by molar-refractivity contribution is 0.108. The zero-order valence-electron chi connectivity index (χ0n) is 15.1. The molecule has 0 amide bonds. The number of guanidine groups is 1. The first-order chi connectivity index (χ1) is 11.1. The van der Waals surface area contributed by atoms with Crippen LogP contribution in [0.4, 0.5) is 0 Å². The summed E-state index contributed by atoms with van der Waals surface area (Å²) in [4.78, 5) is 4.23. The maximum Gasteiger partial charge on any atom is 0.191 e. The zero-order valence-corrected chi connectivity index (χ0v) is 15.1. The van der Waals surface area contributed by atoms with Gasteiger partial charge in [0, 0.05) is 38.9 Å². The molecular weight excluding hydrogens is 290 g/mol. The average molecular weight is 321 g/mol. The molecular formula is C18H31N3O2. The maximum atomic E-state index is 5.56. The molecule has 0 radical (unpaired) electrons. The van der Waals surface area contributed by atoms with Crippen LogP contribution >= 0.6 is 0 Å². The molecule has 0 aliphatic carbocycles. The van der Waals surface area contributed by atoms with Gasteiger partial charge in [0.25, 0.3) is 0 Å². The molecule has 0 unspecified atom stereocenters. The summed E-state index contributed by atoms with van der Waals surface area (Å²) in [6, 6.07) is 6.20. The first-order valence-electron chi connectivity index (χ1n) is 8.22. The molecule has 1 rings (SSSR count). The summed E-state index contributed by atoms with van der Waals surface area (Å²) in [7, 11) is 3.47. The van der Waals surface area contributed by atoms with Gasteiger partial charge in [-0.05, 0) is 30.9 Å². The molecule has 0 spiro atoms. The number of hydrogen-bond donors (Lipinski definition) is 2. The molecule has 0 aliphatic rings. The fourth-order valence-corrected chi connectivity index (χ4v) is 2.10. The van der Waals surface area contributed by atoms with Crippen LogP contribution in [0.25, 0.3) is 0 Å². The predicted molar refractivity (Wildman–Crippen MR) is 96.2 cm³/mol. The Hall–Kier alpha value is -1.75. The number of aliphatic imine (C=N–C) groups is 1. The van der Waals surface area contributed by atoms with E-state index in [1.54, 1.807) is 14.2 Å². The molecule has 5 heteroatoms. The lowest BCUT2D eigenvalue weighted by Gasteiger charge is -2.14. The van der Waals surface area contributed by atoms with Gasteiger partial charge in [0.2, 0.25) is 0 Å². The summed E-state index contributed by atoms with van der Waals surface area (Å²) >= 11 is 0. The second-order valence-corrected chi connectivity index (χ2v) is 5.99. The van der Waals surface area contributed by atoms with Crippen LogP contribution in [0.2, 0.25) is 0 Å². The van der Waals surface area contributed by atoms with Gasteiger partial charge in [0.1, 0.15) is 5.75 Å². The number of nitrogens with zero attached hydrogens (tertiary/aromatic N) is 1. The lowest BCUT2D eigenvalue weighted by Crippen LogP contribution is -2.37. The van der Waals surface area contributed by atoms with E-state index < -0.39 is 0 Å². The largest absolute Gasteiger partial charge is 0.496 e. The number of nitrogens with one attached hydrogen (secondary N) is 2. The quantitative estimate of drug-likeness (QED) is 0.417. The highest BCUT2D eigenvalue weighted by atomic mass is 16.5. The normalized spacial score (nSPS) is 11.7. The minimum Gasteiger partial charge on any atom is -0.496 e. The Kier molecular flexibility index (Phi) is 9.14. The number of benzene rings is 1. The summed E-state index contributed by atoms with van der Waals surface area (Å²) in [5, 5.41) is 6.60. The third-order valence-electron chi connectivity index (χ3n) is 3.32. The molecule has 1 aromatic rings. The van der Waals surface area contributed by atoms with E-state index in [9.17, 15) is 0 Å². The summed E-state index contributed by atoms with van der Waals surface area (Å²) < 4.78 is 11.0. The topological polar surface area (TPSA) is 54.9 Å². The van der Waals surface area contributed by atoms with Crippen molar-refractivity contribution < 1.29 is 9.47 Å². The van der Waals surface area contributed by atoms with Crippen molar-refractivity contribution in [3.05, 3.63) is 29.3 Å². The maximum absolute atomic E-state index is 5.56. The van der Waals surface area contributed by atoms with Gasteiger partial charge in [0.05, 0.1) is 7.11 Å². The van der Waals surface area contributed by atoms with Gasteiger partial charge in [-0.25, -0.2) is 0 Å². The van der Waals surface area contributed by atoms with Crippen molar-refractivity contribution in [3.8, 4) is 5.75 Å². The van der Waals surface area contributed by atoms with Crippen molar-refractivity contribution in [2.75, 3.05) is 33.9 Å². The highest BCUT2D eigenvalue weighted by molar-refractivity contribution is 5.79. The van der Waals surface area contributed by atoms with E-state index in [4.69, 9.17) is 9.47 Å². The van der Waals surface area contributed by atoms with Gasteiger partial charge < -0.3 is 20.1 Å². The van der Waals surface area contributed by atoms with Gasteiger partial charge in [-0.3, -0.25) is 4.99 Å². The summed E-state index contributed by atoms with van der Waals surface area (Å²) in [5.41, 5.74) is 2.30. The Morgan fingerprint density at radius 3 is 2.70 bits per heavy atom. The molecule has 0 atom stereocenters. The van der Waals surface area contributed by atoms with Crippen molar-refractivity contribution >= 4 is 5.96 Å². The van der Waals surface area contributed by atoms with Crippen molar-refractivity contribution in [2.24, 2.45) is 10.9 Å². The number of methoxy groups -OCH3 is 1. The lowest BCUT2D eigenvalue weighted by atomic mass is 10.1. The van der Waals surface area contributed by atoms with Crippen LogP contribution in [0, 0.1) is 12.8 Å².